The third-order valence-electron chi connectivity index (χ3n) is 3.61. The summed E-state index contributed by atoms with van der Waals surface area (Å²) in [5.41, 5.74) is 7.15. The number of rotatable bonds is 3. The summed E-state index contributed by atoms with van der Waals surface area (Å²) < 4.78 is 7.82. The fraction of sp³-hybridized carbons (Fsp3) is 0.583. The first kappa shape index (κ1) is 11.2. The summed E-state index contributed by atoms with van der Waals surface area (Å²) in [5.74, 6) is 0. The predicted molar refractivity (Wildman–Crippen MR) is 68.3 cm³/mol. The lowest BCUT2D eigenvalue weighted by atomic mass is 9.91. The van der Waals surface area contributed by atoms with Crippen molar-refractivity contribution in [1.82, 2.24) is 9.38 Å². The van der Waals surface area contributed by atoms with E-state index in [1.807, 2.05) is 16.0 Å². The number of nitrogens with zero attached hydrogens (tertiary/aromatic N) is 2. The summed E-state index contributed by atoms with van der Waals surface area (Å²) in [4.78, 5) is 5.59. The van der Waals surface area contributed by atoms with E-state index in [1.165, 1.54) is 0 Å². The van der Waals surface area contributed by atoms with E-state index in [0.717, 1.165) is 36.5 Å². The van der Waals surface area contributed by atoms with Crippen molar-refractivity contribution in [3.05, 3.63) is 23.5 Å². The maximum absolute atomic E-state index is 6.26. The van der Waals surface area contributed by atoms with E-state index in [0.29, 0.717) is 0 Å². The number of thiazole rings is 1. The minimum Gasteiger partial charge on any atom is -0.374 e. The first-order valence-electron chi connectivity index (χ1n) is 5.98. The molecule has 3 rings (SSSR count). The number of nitrogens with two attached hydrogens (primary N) is 1. The third kappa shape index (κ3) is 1.99. The summed E-state index contributed by atoms with van der Waals surface area (Å²) in [6, 6.07) is 0.0228. The summed E-state index contributed by atoms with van der Waals surface area (Å²) in [5, 5.41) is 2.04. The van der Waals surface area contributed by atoms with Crippen LogP contribution in [-0.4, -0.2) is 27.6 Å². The maximum Gasteiger partial charge on any atom is 0.193 e. The highest BCUT2D eigenvalue weighted by atomic mass is 32.1. The highest BCUT2D eigenvalue weighted by Crippen LogP contribution is 2.29. The monoisotopic (exact) mass is 251 g/mol. The van der Waals surface area contributed by atoms with E-state index >= 15 is 0 Å². The molecule has 3 heterocycles. The molecule has 92 valence electrons. The van der Waals surface area contributed by atoms with Gasteiger partial charge in [-0.1, -0.05) is 0 Å². The Morgan fingerprint density at radius 3 is 3.29 bits per heavy atom. The Kier molecular flexibility index (Phi) is 2.69. The molecule has 2 atom stereocenters. The fourth-order valence-electron chi connectivity index (χ4n) is 2.41. The average Bonchev–Trinajstić information content (AvgIpc) is 2.93. The zero-order valence-corrected chi connectivity index (χ0v) is 10.7. The van der Waals surface area contributed by atoms with Crippen molar-refractivity contribution in [2.45, 2.75) is 37.8 Å². The van der Waals surface area contributed by atoms with Crippen LogP contribution in [0.5, 0.6) is 0 Å². The van der Waals surface area contributed by atoms with Crippen LogP contribution < -0.4 is 5.73 Å². The molecule has 1 aliphatic heterocycles. The topological polar surface area (TPSA) is 52.5 Å². The molecule has 17 heavy (non-hydrogen) atoms. The molecule has 0 saturated carbocycles. The lowest BCUT2D eigenvalue weighted by molar-refractivity contribution is -0.00110. The number of fused-ring (bicyclic) bond motifs is 1. The Morgan fingerprint density at radius 2 is 2.59 bits per heavy atom. The predicted octanol–water partition coefficient (Wildman–Crippen LogP) is 1.83. The van der Waals surface area contributed by atoms with Gasteiger partial charge >= 0.3 is 0 Å². The Balaban J connectivity index is 1.76. The molecule has 1 fully saturated rings. The van der Waals surface area contributed by atoms with Crippen molar-refractivity contribution in [2.24, 2.45) is 5.73 Å². The maximum atomic E-state index is 6.26. The van der Waals surface area contributed by atoms with E-state index in [4.69, 9.17) is 10.5 Å². The zero-order chi connectivity index (χ0) is 11.9. The third-order valence-corrected chi connectivity index (χ3v) is 4.38. The molecule has 0 aromatic carbocycles. The van der Waals surface area contributed by atoms with Crippen LogP contribution in [0.3, 0.4) is 0 Å². The smallest absolute Gasteiger partial charge is 0.193 e. The van der Waals surface area contributed by atoms with Gasteiger partial charge in [0, 0.05) is 36.8 Å². The normalized spacial score (nSPS) is 26.7. The van der Waals surface area contributed by atoms with Gasteiger partial charge in [0.1, 0.15) is 0 Å². The molecule has 2 N–H and O–H groups in total. The lowest BCUT2D eigenvalue weighted by Crippen LogP contribution is -2.46. The van der Waals surface area contributed by atoms with Gasteiger partial charge in [-0.2, -0.15) is 0 Å². The highest BCUT2D eigenvalue weighted by Gasteiger charge is 2.36. The number of hydrogen-bond donors (Lipinski definition) is 1. The highest BCUT2D eigenvalue weighted by molar-refractivity contribution is 7.15. The van der Waals surface area contributed by atoms with Crippen molar-refractivity contribution >= 4 is 16.3 Å². The van der Waals surface area contributed by atoms with Crippen LogP contribution in [-0.2, 0) is 11.2 Å². The molecule has 1 aliphatic rings. The largest absolute Gasteiger partial charge is 0.374 e. The lowest BCUT2D eigenvalue weighted by Gasteiger charge is -2.29. The van der Waals surface area contributed by atoms with Gasteiger partial charge in [-0.05, 0) is 19.8 Å². The van der Waals surface area contributed by atoms with Gasteiger partial charge in [-0.3, -0.25) is 4.40 Å². The SMILES string of the molecule is CC1(C(N)Cc2cn3ccsc3n2)CCCO1. The fourth-order valence-corrected chi connectivity index (χ4v) is 3.13. The number of ether oxygens (including phenoxy) is 1. The molecule has 0 radical (unpaired) electrons. The first-order chi connectivity index (χ1) is 8.17. The van der Waals surface area contributed by atoms with Crippen LogP contribution in [0.1, 0.15) is 25.5 Å². The van der Waals surface area contributed by atoms with Gasteiger partial charge in [-0.15, -0.1) is 11.3 Å². The summed E-state index contributed by atoms with van der Waals surface area (Å²) in [6.45, 7) is 2.95. The van der Waals surface area contributed by atoms with Crippen LogP contribution in [0.2, 0.25) is 0 Å². The average molecular weight is 251 g/mol. The van der Waals surface area contributed by atoms with E-state index in [9.17, 15) is 0 Å². The second-order valence-electron chi connectivity index (χ2n) is 4.90. The van der Waals surface area contributed by atoms with Crippen molar-refractivity contribution in [3.8, 4) is 0 Å². The minimum atomic E-state index is -0.170. The molecule has 0 spiro atoms. The van der Waals surface area contributed by atoms with Gasteiger partial charge in [0.15, 0.2) is 4.96 Å². The molecule has 0 aliphatic carbocycles. The van der Waals surface area contributed by atoms with Gasteiger partial charge in [0.05, 0.1) is 11.3 Å². The summed E-state index contributed by atoms with van der Waals surface area (Å²) in [6.07, 6.45) is 7.03. The molecule has 0 bridgehead atoms. The van der Waals surface area contributed by atoms with Crippen LogP contribution in [0.25, 0.3) is 4.96 Å². The van der Waals surface area contributed by atoms with Crippen molar-refractivity contribution in [2.75, 3.05) is 6.61 Å². The summed E-state index contributed by atoms with van der Waals surface area (Å²) >= 11 is 1.65. The van der Waals surface area contributed by atoms with Gasteiger partial charge in [0.2, 0.25) is 0 Å². The molecular weight excluding hydrogens is 234 g/mol. The van der Waals surface area contributed by atoms with Gasteiger partial charge in [0.25, 0.3) is 0 Å². The van der Waals surface area contributed by atoms with Gasteiger partial charge in [-0.25, -0.2) is 4.98 Å². The Morgan fingerprint density at radius 1 is 1.71 bits per heavy atom. The van der Waals surface area contributed by atoms with Crippen molar-refractivity contribution < 1.29 is 4.74 Å². The second kappa shape index (κ2) is 4.08. The van der Waals surface area contributed by atoms with E-state index < -0.39 is 0 Å². The number of hydrogen-bond acceptors (Lipinski definition) is 4. The van der Waals surface area contributed by atoms with Crippen LogP contribution in [0, 0.1) is 0 Å². The summed E-state index contributed by atoms with van der Waals surface area (Å²) in [7, 11) is 0. The van der Waals surface area contributed by atoms with Crippen molar-refractivity contribution in [1.29, 1.82) is 0 Å². The number of imidazole rings is 1. The van der Waals surface area contributed by atoms with Gasteiger partial charge < -0.3 is 10.5 Å². The van der Waals surface area contributed by atoms with E-state index in [2.05, 4.69) is 18.1 Å². The van der Waals surface area contributed by atoms with Crippen LogP contribution in [0.4, 0.5) is 0 Å². The van der Waals surface area contributed by atoms with E-state index in [1.54, 1.807) is 11.3 Å². The second-order valence-corrected chi connectivity index (χ2v) is 5.77. The minimum absolute atomic E-state index is 0.0228. The molecule has 5 heteroatoms. The van der Waals surface area contributed by atoms with Crippen LogP contribution in [0.15, 0.2) is 17.8 Å². The molecule has 0 amide bonds. The van der Waals surface area contributed by atoms with Crippen LogP contribution >= 0.6 is 11.3 Å². The van der Waals surface area contributed by atoms with Crippen molar-refractivity contribution in [3.63, 3.8) is 0 Å². The zero-order valence-electron chi connectivity index (χ0n) is 9.93. The first-order valence-corrected chi connectivity index (χ1v) is 6.86. The Hall–Kier alpha value is -0.910. The molecular formula is C12H17N3OS. The van der Waals surface area contributed by atoms with E-state index in [-0.39, 0.29) is 11.6 Å². The standard InChI is InChI=1S/C12H17N3OS/c1-12(3-2-5-16-12)10(13)7-9-8-15-4-6-17-11(15)14-9/h4,6,8,10H,2-3,5,7,13H2,1H3. The molecule has 2 unspecified atom stereocenters. The molecule has 2 aromatic rings. The number of aromatic nitrogens is 2. The Labute approximate surface area is 104 Å². The molecule has 2 aromatic heterocycles. The molecule has 4 nitrogen and oxygen atoms in total. The Bertz CT molecular complexity index is 484. The quantitative estimate of drug-likeness (QED) is 0.905. The molecule has 1 saturated heterocycles.